The summed E-state index contributed by atoms with van der Waals surface area (Å²) in [5.41, 5.74) is 5.38. The van der Waals surface area contributed by atoms with Crippen molar-refractivity contribution in [3.05, 3.63) is 16.7 Å². The highest BCUT2D eigenvalue weighted by Crippen LogP contribution is 2.35. The number of nitrogens with two attached hydrogens (primary N) is 1. The number of methoxy groups -OCH3 is 1. The molecular weight excluding hydrogens is 294 g/mol. The maximum absolute atomic E-state index is 11.8. The van der Waals surface area contributed by atoms with Crippen molar-refractivity contribution in [3.63, 3.8) is 0 Å². The molecule has 3 heterocycles. The summed E-state index contributed by atoms with van der Waals surface area (Å²) in [4.78, 5) is 22.1. The highest BCUT2D eigenvalue weighted by Gasteiger charge is 2.44. The molecule has 0 unspecified atom stereocenters. The minimum absolute atomic E-state index is 0.0566. The molecule has 0 aliphatic carbocycles. The van der Waals surface area contributed by atoms with Crippen molar-refractivity contribution < 1.29 is 19.7 Å². The van der Waals surface area contributed by atoms with E-state index in [1.165, 1.54) is 18.0 Å². The minimum atomic E-state index is -0.947. The van der Waals surface area contributed by atoms with Crippen molar-refractivity contribution in [1.29, 1.82) is 0 Å². The SMILES string of the molecule is COC[C@H]1[C@@H](O)[C@H](n2cnc3c(=O)[nH]c(N)nc32)O[C@@H]1CO. The number of aromatic nitrogens is 4. The van der Waals surface area contributed by atoms with E-state index in [4.69, 9.17) is 15.2 Å². The second-order valence-electron chi connectivity index (χ2n) is 5.13. The Kier molecular flexibility index (Phi) is 3.83. The minimum Gasteiger partial charge on any atom is -0.394 e. The van der Waals surface area contributed by atoms with Gasteiger partial charge in [0.15, 0.2) is 17.4 Å². The van der Waals surface area contributed by atoms with Crippen LogP contribution in [-0.2, 0) is 9.47 Å². The van der Waals surface area contributed by atoms with E-state index in [2.05, 4.69) is 15.0 Å². The van der Waals surface area contributed by atoms with Crippen LogP contribution in [0.4, 0.5) is 5.95 Å². The van der Waals surface area contributed by atoms with Gasteiger partial charge in [-0.05, 0) is 0 Å². The molecule has 0 bridgehead atoms. The van der Waals surface area contributed by atoms with Gasteiger partial charge in [0.1, 0.15) is 6.10 Å². The monoisotopic (exact) mass is 311 g/mol. The van der Waals surface area contributed by atoms with Crippen LogP contribution < -0.4 is 11.3 Å². The number of nitrogens with zero attached hydrogens (tertiary/aromatic N) is 3. The summed E-state index contributed by atoms with van der Waals surface area (Å²) in [6, 6.07) is 0. The maximum atomic E-state index is 11.8. The topological polar surface area (TPSA) is 149 Å². The van der Waals surface area contributed by atoms with Gasteiger partial charge in [0.2, 0.25) is 5.95 Å². The van der Waals surface area contributed by atoms with Crippen LogP contribution in [0.15, 0.2) is 11.1 Å². The quantitative estimate of drug-likeness (QED) is 0.517. The smallest absolute Gasteiger partial charge is 0.280 e. The normalized spacial score (nSPS) is 28.5. The number of aliphatic hydroxyl groups excluding tert-OH is 2. The predicted octanol–water partition coefficient (Wildman–Crippen LogP) is -1.78. The molecule has 10 heteroatoms. The summed E-state index contributed by atoms with van der Waals surface area (Å²) in [7, 11) is 1.50. The Morgan fingerprint density at radius 3 is 3.05 bits per heavy atom. The zero-order valence-electron chi connectivity index (χ0n) is 11.8. The van der Waals surface area contributed by atoms with Crippen molar-refractivity contribution in [3.8, 4) is 0 Å². The Balaban J connectivity index is 2.03. The first-order valence-electron chi connectivity index (χ1n) is 6.72. The summed E-state index contributed by atoms with van der Waals surface area (Å²) in [5, 5.41) is 19.8. The fourth-order valence-electron chi connectivity index (χ4n) is 2.73. The number of aliphatic hydroxyl groups is 2. The molecule has 4 atom stereocenters. The van der Waals surface area contributed by atoms with Crippen LogP contribution in [0.5, 0.6) is 0 Å². The highest BCUT2D eigenvalue weighted by atomic mass is 16.5. The Morgan fingerprint density at radius 1 is 1.59 bits per heavy atom. The standard InChI is InChI=1S/C12H17N5O5/c1-21-3-5-6(2-18)22-11(8(5)19)17-4-14-7-9(17)15-12(13)16-10(7)20/h4-6,8,11,18-19H,2-3H2,1H3,(H3,13,15,16,20)/t5-,6-,8-,11-/m1/s1. The van der Waals surface area contributed by atoms with Gasteiger partial charge < -0.3 is 25.4 Å². The average Bonchev–Trinajstić information content (AvgIpc) is 3.02. The van der Waals surface area contributed by atoms with E-state index in [0.717, 1.165) is 0 Å². The van der Waals surface area contributed by atoms with E-state index < -0.39 is 29.9 Å². The molecule has 0 aromatic carbocycles. The molecule has 0 amide bonds. The number of nitrogen functional groups attached to an aromatic ring is 1. The van der Waals surface area contributed by atoms with Crippen LogP contribution >= 0.6 is 0 Å². The Morgan fingerprint density at radius 2 is 2.36 bits per heavy atom. The summed E-state index contributed by atoms with van der Waals surface area (Å²) < 4.78 is 12.2. The number of nitrogens with one attached hydrogen (secondary N) is 1. The molecule has 1 fully saturated rings. The molecule has 120 valence electrons. The van der Waals surface area contributed by atoms with Gasteiger partial charge in [-0.15, -0.1) is 0 Å². The van der Waals surface area contributed by atoms with Crippen LogP contribution in [0.2, 0.25) is 0 Å². The fraction of sp³-hybridized carbons (Fsp3) is 0.583. The molecule has 22 heavy (non-hydrogen) atoms. The van der Waals surface area contributed by atoms with Crippen LogP contribution in [0.3, 0.4) is 0 Å². The molecule has 2 aromatic rings. The number of aromatic amines is 1. The number of rotatable bonds is 4. The Labute approximate surface area is 124 Å². The molecule has 0 spiro atoms. The molecule has 1 aliphatic rings. The van der Waals surface area contributed by atoms with Gasteiger partial charge in [-0.25, -0.2) is 4.98 Å². The number of ether oxygens (including phenoxy) is 2. The van der Waals surface area contributed by atoms with Crippen molar-refractivity contribution in [2.45, 2.75) is 18.4 Å². The van der Waals surface area contributed by atoms with Crippen molar-refractivity contribution >= 4 is 17.1 Å². The molecule has 3 rings (SSSR count). The molecular formula is C12H17N5O5. The van der Waals surface area contributed by atoms with E-state index in [1.807, 2.05) is 0 Å². The van der Waals surface area contributed by atoms with Gasteiger partial charge >= 0.3 is 0 Å². The molecule has 10 nitrogen and oxygen atoms in total. The first-order valence-corrected chi connectivity index (χ1v) is 6.72. The number of hydrogen-bond acceptors (Lipinski definition) is 8. The van der Waals surface area contributed by atoms with E-state index in [0.29, 0.717) is 0 Å². The molecule has 1 aliphatic heterocycles. The zero-order valence-corrected chi connectivity index (χ0v) is 11.8. The Bertz CT molecular complexity index is 728. The first-order chi connectivity index (χ1) is 10.6. The van der Waals surface area contributed by atoms with E-state index in [9.17, 15) is 15.0 Å². The third-order valence-corrected chi connectivity index (χ3v) is 3.79. The summed E-state index contributed by atoms with van der Waals surface area (Å²) in [6.45, 7) is -0.0317. The lowest BCUT2D eigenvalue weighted by atomic mass is 9.99. The summed E-state index contributed by atoms with van der Waals surface area (Å²) >= 11 is 0. The zero-order chi connectivity index (χ0) is 15.9. The number of hydrogen-bond donors (Lipinski definition) is 4. The molecule has 0 radical (unpaired) electrons. The average molecular weight is 311 g/mol. The maximum Gasteiger partial charge on any atom is 0.280 e. The van der Waals surface area contributed by atoms with Gasteiger partial charge in [-0.1, -0.05) is 0 Å². The van der Waals surface area contributed by atoms with Crippen LogP contribution in [0.25, 0.3) is 11.2 Å². The van der Waals surface area contributed by atoms with Crippen LogP contribution in [0.1, 0.15) is 6.23 Å². The largest absolute Gasteiger partial charge is 0.394 e. The van der Waals surface area contributed by atoms with E-state index >= 15 is 0 Å². The third kappa shape index (κ3) is 2.25. The number of anilines is 1. The number of imidazole rings is 1. The lowest BCUT2D eigenvalue weighted by Crippen LogP contribution is -2.31. The van der Waals surface area contributed by atoms with Gasteiger partial charge in [0.05, 0.1) is 25.6 Å². The molecule has 5 N–H and O–H groups in total. The second kappa shape index (κ2) is 5.65. The predicted molar refractivity (Wildman–Crippen MR) is 74.9 cm³/mol. The van der Waals surface area contributed by atoms with E-state index in [1.54, 1.807) is 0 Å². The summed E-state index contributed by atoms with van der Waals surface area (Å²) in [6.07, 6.45) is -1.02. The molecule has 0 saturated carbocycles. The first kappa shape index (κ1) is 14.9. The lowest BCUT2D eigenvalue weighted by molar-refractivity contribution is -0.0498. The van der Waals surface area contributed by atoms with Gasteiger partial charge in [-0.3, -0.25) is 14.3 Å². The summed E-state index contributed by atoms with van der Waals surface area (Å²) in [5.74, 6) is -0.462. The molecule has 2 aromatic heterocycles. The van der Waals surface area contributed by atoms with Crippen molar-refractivity contribution in [2.75, 3.05) is 26.1 Å². The van der Waals surface area contributed by atoms with Crippen molar-refractivity contribution in [1.82, 2.24) is 19.5 Å². The number of fused-ring (bicyclic) bond motifs is 1. The highest BCUT2D eigenvalue weighted by molar-refractivity contribution is 5.70. The van der Waals surface area contributed by atoms with Crippen LogP contribution in [0, 0.1) is 5.92 Å². The lowest BCUT2D eigenvalue weighted by Gasteiger charge is -2.18. The van der Waals surface area contributed by atoms with Gasteiger partial charge in [0, 0.05) is 13.0 Å². The number of H-pyrrole nitrogens is 1. The van der Waals surface area contributed by atoms with Crippen LogP contribution in [-0.4, -0.2) is 62.3 Å². The van der Waals surface area contributed by atoms with Crippen molar-refractivity contribution in [2.24, 2.45) is 5.92 Å². The van der Waals surface area contributed by atoms with Gasteiger partial charge in [-0.2, -0.15) is 4.98 Å². The second-order valence-corrected chi connectivity index (χ2v) is 5.13. The third-order valence-electron chi connectivity index (χ3n) is 3.79. The van der Waals surface area contributed by atoms with Gasteiger partial charge in [0.25, 0.3) is 5.56 Å². The Hall–Kier alpha value is -2.01. The fourth-order valence-corrected chi connectivity index (χ4v) is 2.73. The molecule has 1 saturated heterocycles. The van der Waals surface area contributed by atoms with E-state index in [-0.39, 0.29) is 30.3 Å².